The van der Waals surface area contributed by atoms with Crippen molar-refractivity contribution >= 4 is 11.8 Å². The van der Waals surface area contributed by atoms with Crippen LogP contribution >= 0.6 is 11.8 Å². The molecule has 2 atom stereocenters. The molecule has 0 saturated heterocycles. The molecular formula is C16H25NOS. The zero-order valence-corrected chi connectivity index (χ0v) is 13.1. The summed E-state index contributed by atoms with van der Waals surface area (Å²) in [6.07, 6.45) is 1.20. The molecule has 1 aliphatic rings. The molecule has 0 spiro atoms. The van der Waals surface area contributed by atoms with Gasteiger partial charge in [0.1, 0.15) is 0 Å². The van der Waals surface area contributed by atoms with E-state index in [1.807, 2.05) is 11.8 Å². The van der Waals surface area contributed by atoms with Gasteiger partial charge in [-0.2, -0.15) is 0 Å². The normalized spacial score (nSPS) is 19.7. The number of ether oxygens (including phenoxy) is 1. The molecule has 2 nitrogen and oxygen atoms in total. The first-order valence-electron chi connectivity index (χ1n) is 7.21. The highest BCUT2D eigenvalue weighted by Crippen LogP contribution is 2.39. The SMILES string of the molecule is CCC(C)N(CCOC)CC1CSc2ccccc21. The minimum Gasteiger partial charge on any atom is -0.383 e. The van der Waals surface area contributed by atoms with Gasteiger partial charge in [-0.3, -0.25) is 4.90 Å². The van der Waals surface area contributed by atoms with E-state index in [2.05, 4.69) is 43.0 Å². The van der Waals surface area contributed by atoms with Crippen molar-refractivity contribution in [2.45, 2.75) is 37.1 Å². The molecule has 2 rings (SSSR count). The number of fused-ring (bicyclic) bond motifs is 1. The molecule has 0 N–H and O–H groups in total. The van der Waals surface area contributed by atoms with Crippen LogP contribution in [0.4, 0.5) is 0 Å². The third-order valence-electron chi connectivity index (χ3n) is 4.05. The van der Waals surface area contributed by atoms with Crippen molar-refractivity contribution in [1.29, 1.82) is 0 Å². The Balaban J connectivity index is 2.01. The van der Waals surface area contributed by atoms with E-state index in [4.69, 9.17) is 4.74 Å². The molecule has 0 radical (unpaired) electrons. The molecule has 1 aromatic rings. The van der Waals surface area contributed by atoms with Gasteiger partial charge in [-0.1, -0.05) is 25.1 Å². The quantitative estimate of drug-likeness (QED) is 0.756. The molecule has 0 aromatic heterocycles. The van der Waals surface area contributed by atoms with E-state index in [1.54, 1.807) is 12.7 Å². The van der Waals surface area contributed by atoms with Crippen LogP contribution in [0.3, 0.4) is 0 Å². The maximum Gasteiger partial charge on any atom is 0.0589 e. The second-order valence-electron chi connectivity index (χ2n) is 5.29. The van der Waals surface area contributed by atoms with E-state index in [0.29, 0.717) is 12.0 Å². The second kappa shape index (κ2) is 7.32. The van der Waals surface area contributed by atoms with Gasteiger partial charge < -0.3 is 4.74 Å². The fraction of sp³-hybridized carbons (Fsp3) is 0.625. The van der Waals surface area contributed by atoms with Gasteiger partial charge >= 0.3 is 0 Å². The lowest BCUT2D eigenvalue weighted by atomic mass is 10.00. The molecule has 106 valence electrons. The number of hydrogen-bond donors (Lipinski definition) is 0. The van der Waals surface area contributed by atoms with E-state index in [-0.39, 0.29) is 0 Å². The summed E-state index contributed by atoms with van der Waals surface area (Å²) in [5, 5.41) is 0. The minimum atomic E-state index is 0.632. The van der Waals surface area contributed by atoms with Crippen molar-refractivity contribution < 1.29 is 4.74 Å². The lowest BCUT2D eigenvalue weighted by Crippen LogP contribution is -2.38. The van der Waals surface area contributed by atoms with Gasteiger partial charge in [0.2, 0.25) is 0 Å². The van der Waals surface area contributed by atoms with Crippen LogP contribution in [-0.4, -0.2) is 43.5 Å². The summed E-state index contributed by atoms with van der Waals surface area (Å²) in [5.74, 6) is 1.89. The maximum atomic E-state index is 5.25. The number of hydrogen-bond acceptors (Lipinski definition) is 3. The van der Waals surface area contributed by atoms with Crippen LogP contribution in [-0.2, 0) is 4.74 Å². The standard InChI is InChI=1S/C16H25NOS/c1-4-13(2)17(9-10-18-3)11-14-12-19-16-8-6-5-7-15(14)16/h5-8,13-14H,4,9-12H2,1-3H3. The van der Waals surface area contributed by atoms with E-state index in [0.717, 1.165) is 19.7 Å². The Morgan fingerprint density at radius 3 is 2.95 bits per heavy atom. The summed E-state index contributed by atoms with van der Waals surface area (Å²) < 4.78 is 5.25. The highest BCUT2D eigenvalue weighted by atomic mass is 32.2. The summed E-state index contributed by atoms with van der Waals surface area (Å²) in [7, 11) is 1.79. The van der Waals surface area contributed by atoms with Gasteiger partial charge in [0.05, 0.1) is 6.61 Å². The Bertz CT molecular complexity index is 396. The van der Waals surface area contributed by atoms with Crippen LogP contribution in [0.1, 0.15) is 31.7 Å². The molecule has 1 heterocycles. The van der Waals surface area contributed by atoms with Crippen LogP contribution in [0.2, 0.25) is 0 Å². The van der Waals surface area contributed by atoms with E-state index in [1.165, 1.54) is 17.1 Å². The first kappa shape index (κ1) is 14.9. The smallest absolute Gasteiger partial charge is 0.0589 e. The lowest BCUT2D eigenvalue weighted by molar-refractivity contribution is 0.119. The Morgan fingerprint density at radius 2 is 2.21 bits per heavy atom. The average Bonchev–Trinajstić information content (AvgIpc) is 2.86. The van der Waals surface area contributed by atoms with Gasteiger partial charge in [0.25, 0.3) is 0 Å². The minimum absolute atomic E-state index is 0.632. The van der Waals surface area contributed by atoms with Crippen molar-refractivity contribution in [2.75, 3.05) is 32.6 Å². The number of thioether (sulfide) groups is 1. The van der Waals surface area contributed by atoms with Crippen molar-refractivity contribution in [3.63, 3.8) is 0 Å². The highest BCUT2D eigenvalue weighted by Gasteiger charge is 2.26. The molecule has 0 bridgehead atoms. The van der Waals surface area contributed by atoms with Crippen LogP contribution in [0, 0.1) is 0 Å². The predicted octanol–water partition coefficient (Wildman–Crippen LogP) is 3.62. The van der Waals surface area contributed by atoms with Crippen molar-refractivity contribution in [3.8, 4) is 0 Å². The molecule has 0 fully saturated rings. The summed E-state index contributed by atoms with van der Waals surface area (Å²) in [6.45, 7) is 7.61. The molecule has 0 amide bonds. The van der Waals surface area contributed by atoms with Gasteiger partial charge in [0.15, 0.2) is 0 Å². The summed E-state index contributed by atoms with van der Waals surface area (Å²) in [6, 6.07) is 9.49. The number of nitrogens with zero attached hydrogens (tertiary/aromatic N) is 1. The topological polar surface area (TPSA) is 12.5 Å². The zero-order chi connectivity index (χ0) is 13.7. The van der Waals surface area contributed by atoms with Crippen LogP contribution in [0.5, 0.6) is 0 Å². The molecule has 3 heteroatoms. The fourth-order valence-electron chi connectivity index (χ4n) is 2.62. The van der Waals surface area contributed by atoms with Gasteiger partial charge in [0, 0.05) is 42.8 Å². The largest absolute Gasteiger partial charge is 0.383 e. The van der Waals surface area contributed by atoms with Crippen molar-refractivity contribution in [1.82, 2.24) is 4.90 Å². The number of methoxy groups -OCH3 is 1. The molecule has 0 saturated carbocycles. The average molecular weight is 279 g/mol. The Labute approximate surface area is 121 Å². The Kier molecular flexibility index (Phi) is 5.74. The van der Waals surface area contributed by atoms with Crippen molar-refractivity contribution in [2.24, 2.45) is 0 Å². The van der Waals surface area contributed by atoms with E-state index >= 15 is 0 Å². The van der Waals surface area contributed by atoms with Gasteiger partial charge in [-0.05, 0) is 25.0 Å². The third-order valence-corrected chi connectivity index (χ3v) is 5.30. The fourth-order valence-corrected chi connectivity index (χ4v) is 3.86. The zero-order valence-electron chi connectivity index (χ0n) is 12.3. The van der Waals surface area contributed by atoms with Crippen molar-refractivity contribution in [3.05, 3.63) is 29.8 Å². The lowest BCUT2D eigenvalue weighted by Gasteiger charge is -2.30. The molecular weight excluding hydrogens is 254 g/mol. The summed E-state index contributed by atoms with van der Waals surface area (Å²) in [5.41, 5.74) is 1.54. The molecule has 1 aliphatic heterocycles. The Hall–Kier alpha value is -0.510. The molecule has 1 aromatic carbocycles. The van der Waals surface area contributed by atoms with Crippen LogP contribution in [0.15, 0.2) is 29.2 Å². The molecule has 0 aliphatic carbocycles. The molecule has 2 unspecified atom stereocenters. The monoisotopic (exact) mass is 279 g/mol. The van der Waals surface area contributed by atoms with Crippen LogP contribution in [0.25, 0.3) is 0 Å². The first-order chi connectivity index (χ1) is 9.26. The van der Waals surface area contributed by atoms with E-state index < -0.39 is 0 Å². The third kappa shape index (κ3) is 3.74. The summed E-state index contributed by atoms with van der Waals surface area (Å²) >= 11 is 2.00. The van der Waals surface area contributed by atoms with E-state index in [9.17, 15) is 0 Å². The predicted molar refractivity (Wildman–Crippen MR) is 83.1 cm³/mol. The number of benzene rings is 1. The molecule has 19 heavy (non-hydrogen) atoms. The maximum absolute atomic E-state index is 5.25. The number of rotatable bonds is 7. The second-order valence-corrected chi connectivity index (χ2v) is 6.35. The highest BCUT2D eigenvalue weighted by molar-refractivity contribution is 7.99. The summed E-state index contributed by atoms with van der Waals surface area (Å²) in [4.78, 5) is 4.06. The van der Waals surface area contributed by atoms with Gasteiger partial charge in [-0.25, -0.2) is 0 Å². The van der Waals surface area contributed by atoms with Gasteiger partial charge in [-0.15, -0.1) is 11.8 Å². The Morgan fingerprint density at radius 1 is 1.42 bits per heavy atom. The first-order valence-corrected chi connectivity index (χ1v) is 8.19. The van der Waals surface area contributed by atoms with Crippen LogP contribution < -0.4 is 0 Å².